The highest BCUT2D eigenvalue weighted by Gasteiger charge is 2.58. The third-order valence-electron chi connectivity index (χ3n) is 9.66. The lowest BCUT2D eigenvalue weighted by molar-refractivity contribution is -0.178. The van der Waals surface area contributed by atoms with Crippen LogP contribution in [0.2, 0.25) is 0 Å². The van der Waals surface area contributed by atoms with Crippen LogP contribution in [0.1, 0.15) is 83.5 Å². The molecule has 0 aromatic rings. The molecule has 0 aliphatic heterocycles. The van der Waals surface area contributed by atoms with E-state index in [1.54, 1.807) is 0 Å². The van der Waals surface area contributed by atoms with Gasteiger partial charge in [-0.25, -0.2) is 0 Å². The summed E-state index contributed by atoms with van der Waals surface area (Å²) >= 11 is 0. The van der Waals surface area contributed by atoms with Crippen molar-refractivity contribution in [3.8, 4) is 0 Å². The third-order valence-corrected chi connectivity index (χ3v) is 9.66. The number of ether oxygens (including phenoxy) is 1. The van der Waals surface area contributed by atoms with Crippen LogP contribution in [0.3, 0.4) is 0 Å². The Morgan fingerprint density at radius 1 is 0.786 bits per heavy atom. The number of carbonyl (C=O) groups excluding carboxylic acids is 2. The van der Waals surface area contributed by atoms with Crippen molar-refractivity contribution in [2.45, 2.75) is 89.1 Å². The lowest BCUT2D eigenvalue weighted by atomic mass is 9.47. The molecule has 8 fully saturated rings. The van der Waals surface area contributed by atoms with Crippen molar-refractivity contribution in [1.82, 2.24) is 0 Å². The molecule has 1 N–H and O–H groups in total. The summed E-state index contributed by atoms with van der Waals surface area (Å²) in [5.41, 5.74) is -0.788. The van der Waals surface area contributed by atoms with E-state index in [-0.39, 0.29) is 29.2 Å². The Bertz CT molecular complexity index is 660. The molecular formula is C24H34O4. The number of esters is 1. The molecule has 8 rings (SSSR count). The molecule has 0 heterocycles. The number of hydrogen-bond acceptors (Lipinski definition) is 4. The minimum atomic E-state index is -0.542. The highest BCUT2D eigenvalue weighted by atomic mass is 16.5. The van der Waals surface area contributed by atoms with Crippen molar-refractivity contribution in [3.63, 3.8) is 0 Å². The van der Waals surface area contributed by atoms with Gasteiger partial charge in [0.2, 0.25) is 0 Å². The normalized spacial score (nSPS) is 52.8. The molecule has 2 atom stereocenters. The quantitative estimate of drug-likeness (QED) is 0.725. The SMILES string of the molecule is O=C(CC12C[C@@H]3C[C@H](CC(O)(C3)C1)C2)OCC(=O)C12CC3CC(CC(C3)C1)C2. The van der Waals surface area contributed by atoms with Gasteiger partial charge in [-0.2, -0.15) is 0 Å². The van der Waals surface area contributed by atoms with Gasteiger partial charge in [0.1, 0.15) is 0 Å². The van der Waals surface area contributed by atoms with Crippen LogP contribution in [0.4, 0.5) is 0 Å². The minimum Gasteiger partial charge on any atom is -0.458 e. The van der Waals surface area contributed by atoms with Crippen LogP contribution >= 0.6 is 0 Å². The molecule has 0 aromatic carbocycles. The van der Waals surface area contributed by atoms with E-state index in [1.165, 1.54) is 25.7 Å². The number of aliphatic hydroxyl groups is 1. The molecule has 0 radical (unpaired) electrons. The third kappa shape index (κ3) is 2.80. The maximum absolute atomic E-state index is 13.1. The minimum absolute atomic E-state index is 0.0157. The molecule has 8 aliphatic rings. The second-order valence-electron chi connectivity index (χ2n) is 12.1. The molecule has 8 saturated carbocycles. The number of ketones is 1. The highest BCUT2D eigenvalue weighted by Crippen LogP contribution is 2.63. The van der Waals surface area contributed by atoms with Gasteiger partial charge in [-0.15, -0.1) is 0 Å². The fourth-order valence-electron chi connectivity index (χ4n) is 9.72. The van der Waals surface area contributed by atoms with Crippen molar-refractivity contribution >= 4 is 11.8 Å². The van der Waals surface area contributed by atoms with Gasteiger partial charge in [-0.05, 0) is 112 Å². The van der Waals surface area contributed by atoms with Crippen LogP contribution in [-0.4, -0.2) is 29.1 Å². The molecule has 0 unspecified atom stereocenters. The van der Waals surface area contributed by atoms with Crippen LogP contribution in [0, 0.1) is 40.4 Å². The summed E-state index contributed by atoms with van der Waals surface area (Å²) in [6.45, 7) is -0.0157. The topological polar surface area (TPSA) is 63.6 Å². The Labute approximate surface area is 167 Å². The first-order valence-corrected chi connectivity index (χ1v) is 11.7. The van der Waals surface area contributed by atoms with Crippen LogP contribution in [0.15, 0.2) is 0 Å². The van der Waals surface area contributed by atoms with E-state index in [9.17, 15) is 14.7 Å². The van der Waals surface area contributed by atoms with E-state index in [0.717, 1.165) is 69.1 Å². The Kier molecular flexibility index (Phi) is 3.73. The Hall–Kier alpha value is -0.900. The standard InChI is InChI=1S/C24H34O4/c25-20(23-7-15-1-16(8-23)3-17(2-15)9-23)13-28-21(26)12-22-5-18-4-19(6-22)11-24(27,10-18)14-22/h15-19,27H,1-14H2/t15?,16?,17?,18-,19-,22?,23?,24?/m0/s1. The second-order valence-corrected chi connectivity index (χ2v) is 12.1. The highest BCUT2D eigenvalue weighted by molar-refractivity contribution is 5.88. The van der Waals surface area contributed by atoms with E-state index in [0.29, 0.717) is 18.3 Å². The predicted molar refractivity (Wildman–Crippen MR) is 103 cm³/mol. The van der Waals surface area contributed by atoms with E-state index >= 15 is 0 Å². The molecule has 0 spiro atoms. The average molecular weight is 387 g/mol. The maximum atomic E-state index is 13.1. The zero-order valence-corrected chi connectivity index (χ0v) is 17.0. The summed E-state index contributed by atoms with van der Waals surface area (Å²) in [6.07, 6.45) is 13.4. The van der Waals surface area contributed by atoms with E-state index in [4.69, 9.17) is 4.74 Å². The lowest BCUT2D eigenvalue weighted by Crippen LogP contribution is -2.56. The van der Waals surface area contributed by atoms with Crippen LogP contribution < -0.4 is 0 Å². The van der Waals surface area contributed by atoms with Gasteiger partial charge in [0.05, 0.1) is 12.0 Å². The Balaban J connectivity index is 1.09. The number of hydrogen-bond donors (Lipinski definition) is 1. The molecule has 4 heteroatoms. The van der Waals surface area contributed by atoms with E-state index in [2.05, 4.69) is 0 Å². The van der Waals surface area contributed by atoms with E-state index in [1.807, 2.05) is 0 Å². The van der Waals surface area contributed by atoms with Crippen molar-refractivity contribution in [1.29, 1.82) is 0 Å². The first-order chi connectivity index (χ1) is 13.3. The van der Waals surface area contributed by atoms with Gasteiger partial charge in [0, 0.05) is 5.41 Å². The summed E-state index contributed by atoms with van der Waals surface area (Å²) in [7, 11) is 0. The Morgan fingerprint density at radius 3 is 1.86 bits per heavy atom. The molecule has 0 saturated heterocycles. The summed E-state index contributed by atoms with van der Waals surface area (Å²) in [5, 5.41) is 10.9. The van der Waals surface area contributed by atoms with Crippen LogP contribution in [-0.2, 0) is 14.3 Å². The molecule has 0 aromatic heterocycles. The lowest BCUT2D eigenvalue weighted by Gasteiger charge is -2.60. The summed E-state index contributed by atoms with van der Waals surface area (Å²) in [6, 6.07) is 0. The van der Waals surface area contributed by atoms with E-state index < -0.39 is 5.60 Å². The van der Waals surface area contributed by atoms with Gasteiger partial charge in [0.15, 0.2) is 12.4 Å². The van der Waals surface area contributed by atoms with Gasteiger partial charge < -0.3 is 9.84 Å². The second kappa shape index (κ2) is 5.83. The smallest absolute Gasteiger partial charge is 0.306 e. The van der Waals surface area contributed by atoms with Gasteiger partial charge in [0.25, 0.3) is 0 Å². The molecule has 4 nitrogen and oxygen atoms in total. The van der Waals surface area contributed by atoms with Gasteiger partial charge >= 0.3 is 5.97 Å². The predicted octanol–water partition coefficient (Wildman–Crippen LogP) is 4.04. The molecular weight excluding hydrogens is 352 g/mol. The number of rotatable bonds is 5. The zero-order valence-electron chi connectivity index (χ0n) is 17.0. The van der Waals surface area contributed by atoms with Crippen LogP contribution in [0.5, 0.6) is 0 Å². The summed E-state index contributed by atoms with van der Waals surface area (Å²) < 4.78 is 5.60. The van der Waals surface area contributed by atoms with Crippen molar-refractivity contribution in [3.05, 3.63) is 0 Å². The number of carbonyl (C=O) groups is 2. The summed E-state index contributed by atoms with van der Waals surface area (Å²) in [5.74, 6) is 3.35. The first-order valence-electron chi connectivity index (χ1n) is 11.7. The average Bonchev–Trinajstić information content (AvgIpc) is 2.55. The monoisotopic (exact) mass is 386 g/mol. The number of Topliss-reactive ketones (excluding diaryl/α,β-unsaturated/α-hetero) is 1. The zero-order chi connectivity index (χ0) is 19.1. The summed E-state index contributed by atoms with van der Waals surface area (Å²) in [4.78, 5) is 25.8. The van der Waals surface area contributed by atoms with Crippen molar-refractivity contribution < 1.29 is 19.4 Å². The van der Waals surface area contributed by atoms with Crippen LogP contribution in [0.25, 0.3) is 0 Å². The van der Waals surface area contributed by atoms with Crippen molar-refractivity contribution in [2.75, 3.05) is 6.61 Å². The molecule has 8 aliphatic carbocycles. The van der Waals surface area contributed by atoms with Gasteiger partial charge in [-0.1, -0.05) is 0 Å². The molecule has 154 valence electrons. The largest absolute Gasteiger partial charge is 0.458 e. The molecule has 0 amide bonds. The first kappa shape index (κ1) is 17.9. The Morgan fingerprint density at radius 2 is 1.32 bits per heavy atom. The van der Waals surface area contributed by atoms with Gasteiger partial charge in [-0.3, -0.25) is 9.59 Å². The molecule has 28 heavy (non-hydrogen) atoms. The maximum Gasteiger partial charge on any atom is 0.306 e. The molecule has 8 bridgehead atoms. The fraction of sp³-hybridized carbons (Fsp3) is 0.917. The fourth-order valence-corrected chi connectivity index (χ4v) is 9.72. The van der Waals surface area contributed by atoms with Crippen molar-refractivity contribution in [2.24, 2.45) is 40.4 Å².